The lowest BCUT2D eigenvalue weighted by Crippen LogP contribution is -2.51. The molecule has 1 aromatic carbocycles. The molecule has 0 unspecified atom stereocenters. The molecule has 1 aliphatic rings. The van der Waals surface area contributed by atoms with Crippen molar-refractivity contribution < 1.29 is 14.0 Å². The molecule has 1 aliphatic heterocycles. The molecule has 1 fully saturated rings. The molecule has 0 aliphatic carbocycles. The Kier molecular flexibility index (Phi) is 5.20. The van der Waals surface area contributed by atoms with E-state index in [4.69, 9.17) is 14.0 Å². The third kappa shape index (κ3) is 3.86. The normalized spacial score (nSPS) is 16.0. The minimum atomic E-state index is -0.269. The fraction of sp³-hybridized carbons (Fsp3) is 0.444. The third-order valence-electron chi connectivity index (χ3n) is 3.99. The molecule has 0 radical (unpaired) electrons. The Morgan fingerprint density at radius 2 is 2.09 bits per heavy atom. The molecule has 5 nitrogen and oxygen atoms in total. The van der Waals surface area contributed by atoms with E-state index in [0.29, 0.717) is 38.1 Å². The van der Waals surface area contributed by atoms with Crippen LogP contribution in [0, 0.1) is 0 Å². The second kappa shape index (κ2) is 7.53. The van der Waals surface area contributed by atoms with E-state index in [-0.39, 0.29) is 5.41 Å². The standard InChI is InChI=1S/C18H22N2O3/c1-2-3-5-10-16-19-17(20-23-16)18(13-22-14-18)12-21-11-15-8-6-4-7-9-15/h2,4,6-9H,1,3,5,10-14H2. The second-order valence-electron chi connectivity index (χ2n) is 5.94. The maximum absolute atomic E-state index is 5.87. The lowest BCUT2D eigenvalue weighted by molar-refractivity contribution is -0.106. The Balaban J connectivity index is 1.56. The maximum atomic E-state index is 5.87. The monoisotopic (exact) mass is 314 g/mol. The number of unbranched alkanes of at least 4 members (excludes halogenated alkanes) is 1. The van der Waals surface area contributed by atoms with Gasteiger partial charge in [0.15, 0.2) is 5.82 Å². The maximum Gasteiger partial charge on any atom is 0.226 e. The highest BCUT2D eigenvalue weighted by Crippen LogP contribution is 2.31. The first kappa shape index (κ1) is 15.9. The fourth-order valence-electron chi connectivity index (χ4n) is 2.53. The van der Waals surface area contributed by atoms with E-state index in [9.17, 15) is 0 Å². The summed E-state index contributed by atoms with van der Waals surface area (Å²) in [4.78, 5) is 4.53. The Morgan fingerprint density at radius 3 is 2.78 bits per heavy atom. The summed E-state index contributed by atoms with van der Waals surface area (Å²) in [5.41, 5.74) is 0.885. The number of hydrogen-bond acceptors (Lipinski definition) is 5. The van der Waals surface area contributed by atoms with Crippen LogP contribution in [0.15, 0.2) is 47.5 Å². The molecule has 2 heterocycles. The predicted molar refractivity (Wildman–Crippen MR) is 86.0 cm³/mol. The van der Waals surface area contributed by atoms with Crippen molar-refractivity contribution in [2.24, 2.45) is 0 Å². The minimum Gasteiger partial charge on any atom is -0.379 e. The molecule has 0 N–H and O–H groups in total. The van der Waals surface area contributed by atoms with Crippen molar-refractivity contribution >= 4 is 0 Å². The number of allylic oxidation sites excluding steroid dienone is 1. The molecule has 0 saturated carbocycles. The third-order valence-corrected chi connectivity index (χ3v) is 3.99. The van der Waals surface area contributed by atoms with E-state index in [1.165, 1.54) is 0 Å². The first-order chi connectivity index (χ1) is 11.3. The predicted octanol–water partition coefficient (Wildman–Crippen LogP) is 3.06. The number of ether oxygens (including phenoxy) is 2. The summed E-state index contributed by atoms with van der Waals surface area (Å²) in [6.45, 7) is 5.98. The van der Waals surface area contributed by atoms with E-state index in [1.807, 2.05) is 24.3 Å². The molecule has 3 rings (SSSR count). The van der Waals surface area contributed by atoms with E-state index < -0.39 is 0 Å². The second-order valence-corrected chi connectivity index (χ2v) is 5.94. The molecule has 122 valence electrons. The zero-order valence-electron chi connectivity index (χ0n) is 13.2. The quantitative estimate of drug-likeness (QED) is 0.526. The Hall–Kier alpha value is -1.98. The number of benzene rings is 1. The SMILES string of the molecule is C=CCCCc1nc(C2(COCc3ccccc3)COC2)no1. The zero-order chi connectivity index (χ0) is 16.0. The highest BCUT2D eigenvalue weighted by molar-refractivity contribution is 5.15. The molecule has 1 aromatic heterocycles. The molecule has 0 atom stereocenters. The molecule has 0 spiro atoms. The van der Waals surface area contributed by atoms with Crippen LogP contribution in [0.4, 0.5) is 0 Å². The molecule has 0 bridgehead atoms. The average molecular weight is 314 g/mol. The molecular formula is C18H22N2O3. The van der Waals surface area contributed by atoms with Crippen molar-refractivity contribution in [3.63, 3.8) is 0 Å². The summed E-state index contributed by atoms with van der Waals surface area (Å²) < 4.78 is 16.6. The van der Waals surface area contributed by atoms with Gasteiger partial charge in [-0.3, -0.25) is 0 Å². The number of aromatic nitrogens is 2. The van der Waals surface area contributed by atoms with Gasteiger partial charge in [-0.1, -0.05) is 41.6 Å². The van der Waals surface area contributed by atoms with Crippen LogP contribution in [0.25, 0.3) is 0 Å². The van der Waals surface area contributed by atoms with Gasteiger partial charge in [-0.25, -0.2) is 0 Å². The van der Waals surface area contributed by atoms with Crippen LogP contribution in [0.1, 0.15) is 30.1 Å². The van der Waals surface area contributed by atoms with E-state index in [0.717, 1.165) is 24.8 Å². The summed E-state index contributed by atoms with van der Waals surface area (Å²) in [5, 5.41) is 4.14. The Labute approximate surface area is 136 Å². The number of rotatable bonds is 9. The van der Waals surface area contributed by atoms with Crippen LogP contribution < -0.4 is 0 Å². The van der Waals surface area contributed by atoms with E-state index in [2.05, 4.69) is 28.9 Å². The molecule has 1 saturated heterocycles. The summed E-state index contributed by atoms with van der Waals surface area (Å²) in [6.07, 6.45) is 4.60. The van der Waals surface area contributed by atoms with Gasteiger partial charge >= 0.3 is 0 Å². The molecule has 2 aromatic rings. The zero-order valence-corrected chi connectivity index (χ0v) is 13.2. The van der Waals surface area contributed by atoms with Crippen molar-refractivity contribution in [2.75, 3.05) is 19.8 Å². The van der Waals surface area contributed by atoms with Crippen molar-refractivity contribution in [1.82, 2.24) is 10.1 Å². The molecular weight excluding hydrogens is 292 g/mol. The van der Waals surface area contributed by atoms with Crippen LogP contribution in [0.2, 0.25) is 0 Å². The van der Waals surface area contributed by atoms with Crippen molar-refractivity contribution in [1.29, 1.82) is 0 Å². The minimum absolute atomic E-state index is 0.269. The first-order valence-electron chi connectivity index (χ1n) is 7.96. The highest BCUT2D eigenvalue weighted by atomic mass is 16.5. The largest absolute Gasteiger partial charge is 0.379 e. The van der Waals surface area contributed by atoms with Gasteiger partial charge in [0.2, 0.25) is 5.89 Å². The van der Waals surface area contributed by atoms with Gasteiger partial charge < -0.3 is 14.0 Å². The van der Waals surface area contributed by atoms with Gasteiger partial charge in [0, 0.05) is 6.42 Å². The molecule has 5 heteroatoms. The van der Waals surface area contributed by atoms with E-state index in [1.54, 1.807) is 0 Å². The number of nitrogens with zero attached hydrogens (tertiary/aromatic N) is 2. The highest BCUT2D eigenvalue weighted by Gasteiger charge is 2.45. The summed E-state index contributed by atoms with van der Waals surface area (Å²) in [7, 11) is 0. The van der Waals surface area contributed by atoms with Gasteiger partial charge in [0.1, 0.15) is 5.41 Å². The van der Waals surface area contributed by atoms with Gasteiger partial charge in [-0.15, -0.1) is 6.58 Å². The van der Waals surface area contributed by atoms with Crippen LogP contribution in [0.5, 0.6) is 0 Å². The summed E-state index contributed by atoms with van der Waals surface area (Å²) >= 11 is 0. The van der Waals surface area contributed by atoms with Crippen molar-refractivity contribution in [3.8, 4) is 0 Å². The van der Waals surface area contributed by atoms with Gasteiger partial charge in [-0.2, -0.15) is 4.98 Å². The average Bonchev–Trinajstić information content (AvgIpc) is 3.00. The Morgan fingerprint density at radius 1 is 1.26 bits per heavy atom. The van der Waals surface area contributed by atoms with Crippen LogP contribution in [-0.4, -0.2) is 30.0 Å². The van der Waals surface area contributed by atoms with Gasteiger partial charge in [0.05, 0.1) is 26.4 Å². The molecule has 0 amide bonds. The van der Waals surface area contributed by atoms with Crippen molar-refractivity contribution in [2.45, 2.75) is 31.3 Å². The summed E-state index contributed by atoms with van der Waals surface area (Å²) in [5.74, 6) is 1.38. The van der Waals surface area contributed by atoms with E-state index >= 15 is 0 Å². The smallest absolute Gasteiger partial charge is 0.226 e. The van der Waals surface area contributed by atoms with Crippen LogP contribution in [0.3, 0.4) is 0 Å². The van der Waals surface area contributed by atoms with Gasteiger partial charge in [-0.05, 0) is 18.4 Å². The lowest BCUT2D eigenvalue weighted by atomic mass is 9.86. The first-order valence-corrected chi connectivity index (χ1v) is 7.96. The van der Waals surface area contributed by atoms with Crippen LogP contribution >= 0.6 is 0 Å². The topological polar surface area (TPSA) is 57.4 Å². The number of aryl methyl sites for hydroxylation is 1. The Bertz CT molecular complexity index is 620. The lowest BCUT2D eigenvalue weighted by Gasteiger charge is -2.38. The van der Waals surface area contributed by atoms with Crippen LogP contribution in [-0.2, 0) is 27.9 Å². The van der Waals surface area contributed by atoms with Crippen molar-refractivity contribution in [3.05, 3.63) is 60.3 Å². The fourth-order valence-corrected chi connectivity index (χ4v) is 2.53. The van der Waals surface area contributed by atoms with Gasteiger partial charge in [0.25, 0.3) is 0 Å². The molecule has 23 heavy (non-hydrogen) atoms. The summed E-state index contributed by atoms with van der Waals surface area (Å²) in [6, 6.07) is 10.1. The number of hydrogen-bond donors (Lipinski definition) is 0.